The van der Waals surface area contributed by atoms with E-state index >= 15 is 0 Å². The van der Waals surface area contributed by atoms with E-state index in [0.717, 1.165) is 0 Å². The molecule has 1 aliphatic rings. The fourth-order valence-electron chi connectivity index (χ4n) is 0.825. The lowest BCUT2D eigenvalue weighted by atomic mass is 10.3. The molecule has 1 rings (SSSR count). The van der Waals surface area contributed by atoms with Gasteiger partial charge in [-0.1, -0.05) is 0 Å². The quantitative estimate of drug-likeness (QED) is 0.608. The molecule has 0 unspecified atom stereocenters. The average Bonchev–Trinajstić information content (AvgIpc) is 2.15. The predicted molar refractivity (Wildman–Crippen MR) is 28.5 cm³/mol. The molecule has 1 fully saturated rings. The minimum atomic E-state index is -2.85. The van der Waals surface area contributed by atoms with Gasteiger partial charge >= 0.3 is 6.61 Å². The normalized spacial score (nSPS) is 25.5. The third-order valence-corrected chi connectivity index (χ3v) is 1.27. The highest BCUT2D eigenvalue weighted by Crippen LogP contribution is 2.09. The molecule has 1 N–H and O–H groups in total. The molecule has 0 aliphatic carbocycles. The Morgan fingerprint density at radius 2 is 2.40 bits per heavy atom. The smallest absolute Gasteiger partial charge is 0.346 e. The SMILES string of the molecule is O=C1NCC[C@H]1OC(F)F. The second-order valence-electron chi connectivity index (χ2n) is 1.97. The first kappa shape index (κ1) is 7.40. The Balaban J connectivity index is 2.33. The van der Waals surface area contributed by atoms with Crippen molar-refractivity contribution in [1.82, 2.24) is 5.32 Å². The molecule has 5 heteroatoms. The van der Waals surface area contributed by atoms with Crippen LogP contribution in [0.3, 0.4) is 0 Å². The van der Waals surface area contributed by atoms with Crippen LogP contribution in [-0.4, -0.2) is 25.2 Å². The largest absolute Gasteiger partial charge is 0.354 e. The molecular formula is C5H7F2NO2. The van der Waals surface area contributed by atoms with Crippen molar-refractivity contribution in [3.05, 3.63) is 0 Å². The molecular weight excluding hydrogens is 144 g/mol. The predicted octanol–water partition coefficient (Wildman–Crippen LogP) is 0.114. The van der Waals surface area contributed by atoms with Crippen LogP contribution < -0.4 is 5.32 Å². The van der Waals surface area contributed by atoms with Gasteiger partial charge in [0.2, 0.25) is 5.91 Å². The van der Waals surface area contributed by atoms with Crippen molar-refractivity contribution in [2.75, 3.05) is 6.54 Å². The minimum Gasteiger partial charge on any atom is -0.354 e. The van der Waals surface area contributed by atoms with Crippen molar-refractivity contribution in [1.29, 1.82) is 0 Å². The number of halogens is 2. The molecule has 0 aromatic rings. The van der Waals surface area contributed by atoms with Crippen molar-refractivity contribution in [2.24, 2.45) is 0 Å². The van der Waals surface area contributed by atoms with Gasteiger partial charge in [0.05, 0.1) is 0 Å². The maximum atomic E-state index is 11.5. The van der Waals surface area contributed by atoms with Crippen molar-refractivity contribution < 1.29 is 18.3 Å². The van der Waals surface area contributed by atoms with Crippen LogP contribution in [0.4, 0.5) is 8.78 Å². The second-order valence-corrected chi connectivity index (χ2v) is 1.97. The van der Waals surface area contributed by atoms with Crippen molar-refractivity contribution in [3.63, 3.8) is 0 Å². The van der Waals surface area contributed by atoms with E-state index < -0.39 is 18.6 Å². The minimum absolute atomic E-state index is 0.336. The van der Waals surface area contributed by atoms with Crippen molar-refractivity contribution in [2.45, 2.75) is 19.1 Å². The third kappa shape index (κ3) is 1.63. The van der Waals surface area contributed by atoms with Crippen LogP contribution >= 0.6 is 0 Å². The van der Waals surface area contributed by atoms with Gasteiger partial charge in [0.25, 0.3) is 0 Å². The molecule has 3 nitrogen and oxygen atoms in total. The highest BCUT2D eigenvalue weighted by atomic mass is 19.3. The lowest BCUT2D eigenvalue weighted by molar-refractivity contribution is -0.170. The zero-order chi connectivity index (χ0) is 7.56. The van der Waals surface area contributed by atoms with E-state index in [9.17, 15) is 13.6 Å². The first-order valence-corrected chi connectivity index (χ1v) is 2.91. The molecule has 10 heavy (non-hydrogen) atoms. The molecule has 0 aromatic heterocycles. The van der Waals surface area contributed by atoms with E-state index in [0.29, 0.717) is 13.0 Å². The van der Waals surface area contributed by atoms with Crippen LogP contribution in [0.1, 0.15) is 6.42 Å². The van der Waals surface area contributed by atoms with Crippen LogP contribution in [0.25, 0.3) is 0 Å². The fourth-order valence-corrected chi connectivity index (χ4v) is 0.825. The highest BCUT2D eigenvalue weighted by Gasteiger charge is 2.27. The van der Waals surface area contributed by atoms with Crippen LogP contribution in [0.15, 0.2) is 0 Å². The van der Waals surface area contributed by atoms with E-state index in [1.54, 1.807) is 0 Å². The van der Waals surface area contributed by atoms with Gasteiger partial charge in [-0.05, 0) is 0 Å². The summed E-state index contributed by atoms with van der Waals surface area (Å²) in [5.41, 5.74) is 0. The Bertz CT molecular complexity index is 140. The number of ether oxygens (including phenoxy) is 1. The molecule has 1 amide bonds. The second kappa shape index (κ2) is 2.92. The van der Waals surface area contributed by atoms with E-state index in [-0.39, 0.29) is 0 Å². The van der Waals surface area contributed by atoms with Crippen molar-refractivity contribution in [3.8, 4) is 0 Å². The van der Waals surface area contributed by atoms with Crippen LogP contribution in [-0.2, 0) is 9.53 Å². The fraction of sp³-hybridized carbons (Fsp3) is 0.800. The van der Waals surface area contributed by atoms with Gasteiger partial charge in [0.1, 0.15) is 6.10 Å². The van der Waals surface area contributed by atoms with Gasteiger partial charge in [0.15, 0.2) is 0 Å². The molecule has 1 saturated heterocycles. The standard InChI is InChI=1S/C5H7F2NO2/c6-5(7)10-3-1-2-8-4(3)9/h3,5H,1-2H2,(H,8,9)/t3-/m1/s1. The Kier molecular flexibility index (Phi) is 2.16. The molecule has 1 atom stereocenters. The van der Waals surface area contributed by atoms with Gasteiger partial charge in [-0.25, -0.2) is 0 Å². The van der Waals surface area contributed by atoms with E-state index in [1.807, 2.05) is 0 Å². The van der Waals surface area contributed by atoms with Gasteiger partial charge in [-0.2, -0.15) is 8.78 Å². The number of hydrogen-bond donors (Lipinski definition) is 1. The van der Waals surface area contributed by atoms with Crippen molar-refractivity contribution >= 4 is 5.91 Å². The third-order valence-electron chi connectivity index (χ3n) is 1.27. The van der Waals surface area contributed by atoms with Gasteiger partial charge in [0, 0.05) is 13.0 Å². The summed E-state index contributed by atoms with van der Waals surface area (Å²) in [4.78, 5) is 10.5. The van der Waals surface area contributed by atoms with Gasteiger partial charge in [-0.15, -0.1) is 0 Å². The van der Waals surface area contributed by atoms with E-state index in [1.165, 1.54) is 0 Å². The molecule has 58 valence electrons. The molecule has 0 saturated carbocycles. The van der Waals surface area contributed by atoms with E-state index in [2.05, 4.69) is 10.1 Å². The molecule has 0 aromatic carbocycles. The van der Waals surface area contributed by atoms with Crippen LogP contribution in [0, 0.1) is 0 Å². The summed E-state index contributed by atoms with van der Waals surface area (Å²) in [5.74, 6) is -0.444. The Hall–Kier alpha value is -0.710. The lowest BCUT2D eigenvalue weighted by Gasteiger charge is -2.05. The highest BCUT2D eigenvalue weighted by molar-refractivity contribution is 5.82. The van der Waals surface area contributed by atoms with E-state index in [4.69, 9.17) is 0 Å². The number of alkyl halides is 2. The molecule has 1 heterocycles. The molecule has 0 radical (unpaired) electrons. The molecule has 1 aliphatic heterocycles. The maximum absolute atomic E-state index is 11.5. The number of carbonyl (C=O) groups excluding carboxylic acids is 1. The Morgan fingerprint density at radius 3 is 2.80 bits per heavy atom. The van der Waals surface area contributed by atoms with Gasteiger partial charge in [-0.3, -0.25) is 4.79 Å². The summed E-state index contributed by atoms with van der Waals surface area (Å²) in [7, 11) is 0. The number of nitrogens with one attached hydrogen (secondary N) is 1. The summed E-state index contributed by atoms with van der Waals surface area (Å²) in [5, 5.41) is 2.38. The monoisotopic (exact) mass is 151 g/mol. The first-order valence-electron chi connectivity index (χ1n) is 2.91. The molecule has 0 bridgehead atoms. The Labute approximate surface area is 56.3 Å². The summed E-state index contributed by atoms with van der Waals surface area (Å²) in [6.45, 7) is -2.43. The van der Waals surface area contributed by atoms with Gasteiger partial charge < -0.3 is 10.1 Å². The van der Waals surface area contributed by atoms with Crippen LogP contribution in [0.2, 0.25) is 0 Å². The van der Waals surface area contributed by atoms with Crippen LogP contribution in [0.5, 0.6) is 0 Å². The summed E-state index contributed by atoms with van der Waals surface area (Å²) < 4.78 is 26.9. The first-order chi connectivity index (χ1) is 4.70. The average molecular weight is 151 g/mol. The zero-order valence-corrected chi connectivity index (χ0v) is 5.14. The summed E-state index contributed by atoms with van der Waals surface area (Å²) in [6, 6.07) is 0. The number of rotatable bonds is 2. The number of hydrogen-bond acceptors (Lipinski definition) is 2. The number of carbonyl (C=O) groups is 1. The number of amides is 1. The Morgan fingerprint density at radius 1 is 1.70 bits per heavy atom. The topological polar surface area (TPSA) is 38.3 Å². The summed E-state index contributed by atoms with van der Waals surface area (Å²) >= 11 is 0. The molecule has 0 spiro atoms. The zero-order valence-electron chi connectivity index (χ0n) is 5.14. The summed E-state index contributed by atoms with van der Waals surface area (Å²) in [6.07, 6.45) is -0.608. The maximum Gasteiger partial charge on any atom is 0.346 e. The lowest BCUT2D eigenvalue weighted by Crippen LogP contribution is -2.26.